The molecule has 2 aromatic rings. The molecule has 38 heavy (non-hydrogen) atoms. The summed E-state index contributed by atoms with van der Waals surface area (Å²) in [6, 6.07) is 11.9. The second-order valence-electron chi connectivity index (χ2n) is 10.1. The Balaban J connectivity index is 1.98. The van der Waals surface area contributed by atoms with Crippen LogP contribution in [0.2, 0.25) is 0 Å². The van der Waals surface area contributed by atoms with Crippen molar-refractivity contribution in [1.29, 1.82) is 0 Å². The number of carbonyl (C=O) groups excluding carboxylic acids is 3. The molecule has 2 rings (SSSR count). The zero-order valence-corrected chi connectivity index (χ0v) is 23.2. The summed E-state index contributed by atoms with van der Waals surface area (Å²) in [5.74, 6) is -0.0635. The first-order chi connectivity index (χ1) is 17.8. The van der Waals surface area contributed by atoms with Gasteiger partial charge in [0, 0.05) is 32.9 Å². The highest BCUT2D eigenvalue weighted by Crippen LogP contribution is 2.28. The van der Waals surface area contributed by atoms with Gasteiger partial charge in [-0.25, -0.2) is 9.59 Å². The Morgan fingerprint density at radius 1 is 0.895 bits per heavy atom. The number of rotatable bonds is 10. The van der Waals surface area contributed by atoms with Crippen molar-refractivity contribution in [3.8, 4) is 0 Å². The summed E-state index contributed by atoms with van der Waals surface area (Å²) >= 11 is 0. The van der Waals surface area contributed by atoms with Crippen molar-refractivity contribution in [2.75, 3.05) is 56.6 Å². The van der Waals surface area contributed by atoms with Crippen LogP contribution in [-0.2, 0) is 27.3 Å². The van der Waals surface area contributed by atoms with Crippen LogP contribution >= 0.6 is 0 Å². The van der Waals surface area contributed by atoms with E-state index in [1.807, 2.05) is 19.0 Å². The first-order valence-corrected chi connectivity index (χ1v) is 12.2. The van der Waals surface area contributed by atoms with Gasteiger partial charge in [0.05, 0.1) is 17.8 Å². The molecule has 0 radical (unpaired) electrons. The Labute approximate surface area is 224 Å². The average molecular weight is 530 g/mol. The fourth-order valence-corrected chi connectivity index (χ4v) is 3.32. The van der Waals surface area contributed by atoms with Crippen molar-refractivity contribution >= 4 is 35.2 Å². The van der Waals surface area contributed by atoms with Crippen molar-refractivity contribution in [2.45, 2.75) is 39.4 Å². The number of anilines is 3. The van der Waals surface area contributed by atoms with Gasteiger partial charge in [-0.1, -0.05) is 18.2 Å². The van der Waals surface area contributed by atoms with Gasteiger partial charge >= 0.3 is 12.2 Å². The van der Waals surface area contributed by atoms with E-state index in [0.29, 0.717) is 23.5 Å². The Morgan fingerprint density at radius 3 is 2.11 bits per heavy atom. The Bertz CT molecular complexity index is 1100. The number of likely N-dealkylation sites (N-methyl/N-ethyl adjacent to an activating group) is 1. The van der Waals surface area contributed by atoms with Gasteiger partial charge in [0.25, 0.3) is 0 Å². The number of hydrogen-bond acceptors (Lipinski definition) is 8. The lowest BCUT2D eigenvalue weighted by atomic mass is 10.1. The minimum Gasteiger partial charge on any atom is -0.444 e. The van der Waals surface area contributed by atoms with Crippen LogP contribution in [-0.4, -0.2) is 75.1 Å². The number of hydrogen-bond donors (Lipinski definition) is 3. The molecule has 0 unspecified atom stereocenters. The monoisotopic (exact) mass is 529 g/mol. The summed E-state index contributed by atoms with van der Waals surface area (Å²) in [6.07, 6.45) is -0.927. The molecule has 0 bridgehead atoms. The van der Waals surface area contributed by atoms with E-state index in [9.17, 15) is 19.6 Å². The zero-order valence-electron chi connectivity index (χ0n) is 23.2. The molecule has 0 spiro atoms. The smallest absolute Gasteiger partial charge is 0.414 e. The first-order valence-electron chi connectivity index (χ1n) is 12.2. The second-order valence-corrected chi connectivity index (χ2v) is 10.1. The molecule has 0 heterocycles. The Hall–Kier alpha value is -3.83. The highest BCUT2D eigenvalue weighted by Gasteiger charge is 2.23. The molecule has 3 amide bonds. The van der Waals surface area contributed by atoms with Crippen LogP contribution in [0.1, 0.15) is 31.9 Å². The molecule has 3 N–H and O–H groups in total. The van der Waals surface area contributed by atoms with Gasteiger partial charge in [0.1, 0.15) is 12.2 Å². The largest absolute Gasteiger partial charge is 0.444 e. The molecular formula is C27H39N5O6. The molecule has 0 saturated carbocycles. The molecule has 0 aliphatic heterocycles. The molecule has 11 nitrogen and oxygen atoms in total. The maximum Gasteiger partial charge on any atom is 0.414 e. The maximum atomic E-state index is 12.7. The van der Waals surface area contributed by atoms with Gasteiger partial charge in [-0.15, -0.1) is 0 Å². The molecule has 0 saturated heterocycles. The maximum absolute atomic E-state index is 12.7. The molecule has 0 aromatic heterocycles. The molecule has 2 aromatic carbocycles. The Kier molecular flexibility index (Phi) is 10.9. The van der Waals surface area contributed by atoms with E-state index in [1.165, 1.54) is 16.8 Å². The molecule has 11 heteroatoms. The third kappa shape index (κ3) is 9.56. The summed E-state index contributed by atoms with van der Waals surface area (Å²) in [6.45, 7) is 6.56. The van der Waals surface area contributed by atoms with Crippen molar-refractivity contribution in [1.82, 2.24) is 10.2 Å². The lowest BCUT2D eigenvalue weighted by Crippen LogP contribution is -2.34. The van der Waals surface area contributed by atoms with Crippen LogP contribution in [0.5, 0.6) is 0 Å². The third-order valence-corrected chi connectivity index (χ3v) is 5.42. The second kappa shape index (κ2) is 13.6. The minimum absolute atomic E-state index is 0.0603. The SMILES string of the molecule is CN(C)CCNC(=O)Cc1ccc(N(C)C(=O)OCc2ccc(NO)c(N(C)C(=O)OC(C)(C)C)c2)cc1. The molecule has 0 fully saturated rings. The van der Waals surface area contributed by atoms with Crippen molar-refractivity contribution in [3.05, 3.63) is 53.6 Å². The first kappa shape index (κ1) is 30.4. The van der Waals surface area contributed by atoms with Crippen molar-refractivity contribution in [3.63, 3.8) is 0 Å². The number of nitrogens with zero attached hydrogens (tertiary/aromatic N) is 3. The predicted molar refractivity (Wildman–Crippen MR) is 147 cm³/mol. The molecule has 0 aliphatic rings. The summed E-state index contributed by atoms with van der Waals surface area (Å²) in [5.41, 5.74) is 4.06. The van der Waals surface area contributed by atoms with Crippen LogP contribution in [0.3, 0.4) is 0 Å². The number of carbonyl (C=O) groups is 3. The summed E-state index contributed by atoms with van der Waals surface area (Å²) < 4.78 is 10.8. The van der Waals surface area contributed by atoms with E-state index >= 15 is 0 Å². The third-order valence-electron chi connectivity index (χ3n) is 5.42. The molecule has 208 valence electrons. The number of ether oxygens (including phenoxy) is 2. The number of benzene rings is 2. The van der Waals surface area contributed by atoms with Gasteiger partial charge in [-0.3, -0.25) is 25.3 Å². The fourth-order valence-electron chi connectivity index (χ4n) is 3.32. The van der Waals surface area contributed by atoms with Crippen LogP contribution in [0.25, 0.3) is 0 Å². The molecular weight excluding hydrogens is 490 g/mol. The number of amides is 3. The lowest BCUT2D eigenvalue weighted by Gasteiger charge is -2.26. The highest BCUT2D eigenvalue weighted by atomic mass is 16.6. The van der Waals surface area contributed by atoms with Gasteiger partial charge < -0.3 is 19.7 Å². The van der Waals surface area contributed by atoms with E-state index in [-0.39, 0.29) is 24.6 Å². The Morgan fingerprint density at radius 2 is 1.53 bits per heavy atom. The van der Waals surface area contributed by atoms with E-state index in [2.05, 4.69) is 10.8 Å². The van der Waals surface area contributed by atoms with Crippen molar-refractivity contribution in [2.24, 2.45) is 0 Å². The van der Waals surface area contributed by atoms with E-state index < -0.39 is 17.8 Å². The standard InChI is InChI=1S/C27H39N5O6/c1-27(2,3)38-26(35)32(7)23-16-20(10-13-22(23)29-36)18-37-25(34)31(6)21-11-8-19(9-12-21)17-24(33)28-14-15-30(4)5/h8-13,16,29,36H,14-15,17-18H2,1-7H3,(H,28,33). The van der Waals surface area contributed by atoms with Crippen LogP contribution in [0, 0.1) is 0 Å². The van der Waals surface area contributed by atoms with E-state index in [4.69, 9.17) is 9.47 Å². The van der Waals surface area contributed by atoms with Gasteiger partial charge in [0.2, 0.25) is 5.91 Å². The highest BCUT2D eigenvalue weighted by molar-refractivity contribution is 5.92. The zero-order chi connectivity index (χ0) is 28.5. The predicted octanol–water partition coefficient (Wildman–Crippen LogP) is 3.85. The van der Waals surface area contributed by atoms with E-state index in [0.717, 1.165) is 12.1 Å². The summed E-state index contributed by atoms with van der Waals surface area (Å²) in [7, 11) is 7.00. The van der Waals surface area contributed by atoms with Gasteiger partial charge in [-0.2, -0.15) is 0 Å². The van der Waals surface area contributed by atoms with Crippen LogP contribution in [0.4, 0.5) is 26.7 Å². The minimum atomic E-state index is -0.688. The quantitative estimate of drug-likeness (QED) is 0.397. The van der Waals surface area contributed by atoms with E-state index in [1.54, 1.807) is 70.3 Å². The number of nitrogens with one attached hydrogen (secondary N) is 2. The van der Waals surface area contributed by atoms with Gasteiger partial charge in [0.15, 0.2) is 0 Å². The average Bonchev–Trinajstić information content (AvgIpc) is 2.85. The van der Waals surface area contributed by atoms with Gasteiger partial charge in [-0.05, 0) is 70.3 Å². The summed E-state index contributed by atoms with van der Waals surface area (Å²) in [5, 5.41) is 12.3. The lowest BCUT2D eigenvalue weighted by molar-refractivity contribution is -0.120. The van der Waals surface area contributed by atoms with Crippen LogP contribution < -0.4 is 20.6 Å². The normalized spacial score (nSPS) is 11.1. The fraction of sp³-hybridized carbons (Fsp3) is 0.444. The topological polar surface area (TPSA) is 124 Å². The molecule has 0 atom stereocenters. The summed E-state index contributed by atoms with van der Waals surface area (Å²) in [4.78, 5) is 41.8. The van der Waals surface area contributed by atoms with Crippen molar-refractivity contribution < 1.29 is 29.1 Å². The van der Waals surface area contributed by atoms with Crippen LogP contribution in [0.15, 0.2) is 42.5 Å². The molecule has 0 aliphatic carbocycles.